The quantitative estimate of drug-likeness (QED) is 0.159. The zero-order valence-corrected chi connectivity index (χ0v) is 23.6. The van der Waals surface area contributed by atoms with Crippen molar-refractivity contribution in [1.29, 1.82) is 0 Å². The maximum atomic E-state index is 5.27. The molecular weight excluding hydrogens is 504 g/mol. The third-order valence-electron chi connectivity index (χ3n) is 7.81. The predicted molar refractivity (Wildman–Crippen MR) is 177 cm³/mol. The molecule has 0 saturated heterocycles. The van der Waals surface area contributed by atoms with Crippen LogP contribution >= 0.6 is 11.3 Å². The topological polar surface area (TPSA) is 24.7 Å². The van der Waals surface area contributed by atoms with Crippen LogP contribution in [0.1, 0.15) is 23.6 Å². The first-order chi connectivity index (χ1) is 19.5. The van der Waals surface area contributed by atoms with Crippen molar-refractivity contribution in [2.45, 2.75) is 20.8 Å². The zero-order chi connectivity index (χ0) is 27.4. The largest absolute Gasteiger partial charge is 0.262 e. The van der Waals surface area contributed by atoms with Gasteiger partial charge in [0.15, 0.2) is 0 Å². The lowest BCUT2D eigenvalue weighted by atomic mass is 9.95. The average molecular weight is 533 g/mol. The highest BCUT2D eigenvalue weighted by Gasteiger charge is 2.15. The van der Waals surface area contributed by atoms with Crippen molar-refractivity contribution in [2.24, 2.45) is 9.98 Å². The normalized spacial score (nSPS) is 12.1. The molecule has 0 saturated carbocycles. The van der Waals surface area contributed by atoms with Crippen LogP contribution in [0.2, 0.25) is 0 Å². The van der Waals surface area contributed by atoms with Crippen LogP contribution in [0.4, 0.5) is 11.4 Å². The van der Waals surface area contributed by atoms with Crippen molar-refractivity contribution in [3.63, 3.8) is 0 Å². The monoisotopic (exact) mass is 532 g/mol. The summed E-state index contributed by atoms with van der Waals surface area (Å²) in [5.41, 5.74) is 8.59. The zero-order valence-electron chi connectivity index (χ0n) is 22.8. The molecule has 6 aromatic carbocycles. The van der Waals surface area contributed by atoms with Crippen LogP contribution in [0.25, 0.3) is 52.8 Å². The summed E-state index contributed by atoms with van der Waals surface area (Å²) in [6.45, 7) is 10.3. The number of benzene rings is 6. The summed E-state index contributed by atoms with van der Waals surface area (Å²) in [5, 5.41) is 7.18. The van der Waals surface area contributed by atoms with Gasteiger partial charge in [-0.05, 0) is 79.2 Å². The minimum absolute atomic E-state index is 0.836. The van der Waals surface area contributed by atoms with E-state index >= 15 is 0 Å². The Morgan fingerprint density at radius 3 is 2.05 bits per heavy atom. The highest BCUT2D eigenvalue weighted by molar-refractivity contribution is 7.26. The van der Waals surface area contributed by atoms with Crippen LogP contribution in [-0.2, 0) is 0 Å². The fourth-order valence-corrected chi connectivity index (χ4v) is 7.06. The maximum absolute atomic E-state index is 5.27. The van der Waals surface area contributed by atoms with Crippen LogP contribution < -0.4 is 0 Å². The van der Waals surface area contributed by atoms with Crippen LogP contribution in [0, 0.1) is 13.8 Å². The van der Waals surface area contributed by atoms with Gasteiger partial charge in [0.2, 0.25) is 0 Å². The van der Waals surface area contributed by atoms with Gasteiger partial charge in [0.1, 0.15) is 0 Å². The Morgan fingerprint density at radius 2 is 1.30 bits per heavy atom. The summed E-state index contributed by atoms with van der Waals surface area (Å²) in [6, 6.07) is 37.1. The van der Waals surface area contributed by atoms with Gasteiger partial charge in [0.25, 0.3) is 0 Å². The predicted octanol–water partition coefficient (Wildman–Crippen LogP) is 11.1. The standard InChI is InChI=1S/C37H28N2S/c1-22-15-17-28-29-18-16-23(2)20-33(29)36(35(38-4)32(28)19-22)39-24(3)25-9-7-10-26(21-25)27-12-8-13-31-30-11-5-6-14-34(30)40-37(27)31/h5-21H,4H2,1-3H3/b39-24+. The summed E-state index contributed by atoms with van der Waals surface area (Å²) in [5.74, 6) is 0. The molecule has 0 fully saturated rings. The van der Waals surface area contributed by atoms with Crippen LogP contribution in [0.5, 0.6) is 0 Å². The number of thiophene rings is 1. The van der Waals surface area contributed by atoms with E-state index < -0.39 is 0 Å². The first-order valence-electron chi connectivity index (χ1n) is 13.5. The first-order valence-corrected chi connectivity index (χ1v) is 14.3. The smallest absolute Gasteiger partial charge is 0.0974 e. The molecule has 0 spiro atoms. The van der Waals surface area contributed by atoms with Gasteiger partial charge in [0.05, 0.1) is 11.4 Å². The fourth-order valence-electron chi connectivity index (χ4n) is 5.82. The summed E-state index contributed by atoms with van der Waals surface area (Å²) < 4.78 is 2.64. The SMILES string of the molecule is C=Nc1c(/N=C(\C)c2cccc(-c3cccc4c3sc3ccccc34)c2)c2cc(C)ccc2c2ccc(C)cc12. The molecule has 3 heteroatoms. The Hall–Kier alpha value is -4.60. The molecule has 7 aromatic rings. The number of fused-ring (bicyclic) bond motifs is 6. The molecule has 0 bridgehead atoms. The number of aryl methyl sites for hydroxylation is 2. The molecule has 0 atom stereocenters. The number of aliphatic imine (C=N–C) groups is 2. The molecule has 2 nitrogen and oxygen atoms in total. The van der Waals surface area contributed by atoms with E-state index in [9.17, 15) is 0 Å². The minimum Gasteiger partial charge on any atom is -0.262 e. The van der Waals surface area contributed by atoms with Gasteiger partial charge < -0.3 is 0 Å². The van der Waals surface area contributed by atoms with Crippen molar-refractivity contribution < 1.29 is 0 Å². The minimum atomic E-state index is 0.836. The van der Waals surface area contributed by atoms with Crippen LogP contribution in [-0.4, -0.2) is 12.4 Å². The highest BCUT2D eigenvalue weighted by atomic mass is 32.1. The Labute approximate surface area is 238 Å². The third-order valence-corrected chi connectivity index (χ3v) is 9.03. The highest BCUT2D eigenvalue weighted by Crippen LogP contribution is 2.45. The van der Waals surface area contributed by atoms with E-state index in [0.29, 0.717) is 0 Å². The lowest BCUT2D eigenvalue weighted by Crippen LogP contribution is -1.95. The summed E-state index contributed by atoms with van der Waals surface area (Å²) in [7, 11) is 0. The van der Waals surface area contributed by atoms with Crippen molar-refractivity contribution >= 4 is 76.9 Å². The van der Waals surface area contributed by atoms with E-state index in [-0.39, 0.29) is 0 Å². The lowest BCUT2D eigenvalue weighted by molar-refractivity contribution is 1.45. The van der Waals surface area contributed by atoms with Crippen molar-refractivity contribution in [3.8, 4) is 11.1 Å². The molecule has 1 heterocycles. The Balaban J connectivity index is 1.42. The molecule has 0 N–H and O–H groups in total. The van der Waals surface area contributed by atoms with Gasteiger partial charge in [-0.15, -0.1) is 11.3 Å². The second-order valence-corrected chi connectivity index (χ2v) is 11.6. The average Bonchev–Trinajstić information content (AvgIpc) is 3.36. The van der Waals surface area contributed by atoms with E-state index in [0.717, 1.165) is 33.4 Å². The molecule has 0 aliphatic heterocycles. The number of nitrogens with zero attached hydrogens (tertiary/aromatic N) is 2. The molecule has 0 aliphatic rings. The molecule has 40 heavy (non-hydrogen) atoms. The van der Waals surface area contributed by atoms with Crippen molar-refractivity contribution in [2.75, 3.05) is 0 Å². The molecule has 1 aromatic heterocycles. The molecular formula is C37H28N2S. The van der Waals surface area contributed by atoms with Crippen LogP contribution in [0.3, 0.4) is 0 Å². The Bertz CT molecular complexity index is 2160. The summed E-state index contributed by atoms with van der Waals surface area (Å²) >= 11 is 1.86. The Kier molecular flexibility index (Phi) is 5.83. The number of hydrogen-bond donors (Lipinski definition) is 0. The molecule has 0 radical (unpaired) electrons. The van der Waals surface area contributed by atoms with E-state index in [1.165, 1.54) is 53.2 Å². The maximum Gasteiger partial charge on any atom is 0.0974 e. The van der Waals surface area contributed by atoms with Gasteiger partial charge in [-0.1, -0.05) is 90.0 Å². The lowest BCUT2D eigenvalue weighted by Gasteiger charge is -2.14. The second-order valence-electron chi connectivity index (χ2n) is 10.5. The fraction of sp³-hybridized carbons (Fsp3) is 0.0811. The third kappa shape index (κ3) is 3.93. The van der Waals surface area contributed by atoms with Gasteiger partial charge in [-0.3, -0.25) is 9.98 Å². The Morgan fingerprint density at radius 1 is 0.625 bits per heavy atom. The second kappa shape index (κ2) is 9.55. The summed E-state index contributed by atoms with van der Waals surface area (Å²) in [4.78, 5) is 9.80. The number of hydrogen-bond acceptors (Lipinski definition) is 3. The van der Waals surface area contributed by atoms with E-state index in [1.54, 1.807) is 0 Å². The van der Waals surface area contributed by atoms with Gasteiger partial charge >= 0.3 is 0 Å². The van der Waals surface area contributed by atoms with Crippen molar-refractivity contribution in [3.05, 3.63) is 120 Å². The first kappa shape index (κ1) is 24.4. The van der Waals surface area contributed by atoms with Gasteiger partial charge in [-0.2, -0.15) is 0 Å². The molecule has 7 rings (SSSR count). The molecule has 0 aliphatic carbocycles. The van der Waals surface area contributed by atoms with Crippen LogP contribution in [0.15, 0.2) is 113 Å². The number of rotatable bonds is 4. The van der Waals surface area contributed by atoms with Gasteiger partial charge in [0, 0.05) is 36.7 Å². The molecule has 0 unspecified atom stereocenters. The molecule has 192 valence electrons. The van der Waals surface area contributed by atoms with Crippen molar-refractivity contribution in [1.82, 2.24) is 0 Å². The van der Waals surface area contributed by atoms with Gasteiger partial charge in [-0.25, -0.2) is 0 Å². The molecule has 0 amide bonds. The van der Waals surface area contributed by atoms with E-state index in [4.69, 9.17) is 4.99 Å². The summed E-state index contributed by atoms with van der Waals surface area (Å²) in [6.07, 6.45) is 0. The van der Waals surface area contributed by atoms with E-state index in [2.05, 4.69) is 136 Å². The van der Waals surface area contributed by atoms with E-state index in [1.807, 2.05) is 11.3 Å².